The molecule has 0 aromatic heterocycles. The van der Waals surface area contributed by atoms with Gasteiger partial charge in [0, 0.05) is 18.1 Å². The third-order valence-electron chi connectivity index (χ3n) is 2.57. The van der Waals surface area contributed by atoms with Crippen LogP contribution in [0.4, 0.5) is 0 Å². The Morgan fingerprint density at radius 2 is 1.81 bits per heavy atom. The Bertz CT molecular complexity index is 360. The van der Waals surface area contributed by atoms with Crippen molar-refractivity contribution in [1.82, 2.24) is 0 Å². The summed E-state index contributed by atoms with van der Waals surface area (Å²) in [6.07, 6.45) is 0. The number of carbonyl (C=O) groups excluding carboxylic acids is 1. The summed E-state index contributed by atoms with van der Waals surface area (Å²) >= 11 is 0. The monoisotopic (exact) mass is 222 g/mol. The summed E-state index contributed by atoms with van der Waals surface area (Å²) in [5.41, 5.74) is 0.126. The first-order valence-corrected chi connectivity index (χ1v) is 5.34. The lowest BCUT2D eigenvalue weighted by Gasteiger charge is -2.16. The van der Waals surface area contributed by atoms with Crippen LogP contribution in [0.1, 0.15) is 42.6 Å². The van der Waals surface area contributed by atoms with E-state index in [1.54, 1.807) is 24.3 Å². The smallest absolute Gasteiger partial charge is 0.193 e. The van der Waals surface area contributed by atoms with Crippen molar-refractivity contribution in [2.45, 2.75) is 32.3 Å². The average Bonchev–Trinajstić information content (AvgIpc) is 2.26. The molecule has 1 aromatic carbocycles. The zero-order valence-electron chi connectivity index (χ0n) is 9.90. The maximum Gasteiger partial charge on any atom is 0.193 e. The summed E-state index contributed by atoms with van der Waals surface area (Å²) in [5, 5.41) is 18.6. The molecule has 0 aliphatic heterocycles. The summed E-state index contributed by atoms with van der Waals surface area (Å²) in [4.78, 5) is 11.7. The van der Waals surface area contributed by atoms with Crippen LogP contribution in [0.2, 0.25) is 0 Å². The van der Waals surface area contributed by atoms with Crippen molar-refractivity contribution >= 4 is 5.78 Å². The summed E-state index contributed by atoms with van der Waals surface area (Å²) in [6.45, 7) is 4.94. The maximum absolute atomic E-state index is 11.7. The summed E-state index contributed by atoms with van der Waals surface area (Å²) in [7, 11) is 0. The van der Waals surface area contributed by atoms with E-state index in [9.17, 15) is 9.90 Å². The van der Waals surface area contributed by atoms with E-state index in [1.807, 2.05) is 6.92 Å². The van der Waals surface area contributed by atoms with Crippen LogP contribution in [0, 0.1) is 0 Å². The van der Waals surface area contributed by atoms with Crippen LogP contribution >= 0.6 is 0 Å². The predicted molar refractivity (Wildman–Crippen MR) is 62.6 cm³/mol. The molecule has 88 valence electrons. The number of ketones is 1. The van der Waals surface area contributed by atoms with Crippen LogP contribution in [-0.2, 0) is 0 Å². The molecule has 0 fully saturated rings. The van der Waals surface area contributed by atoms with Crippen molar-refractivity contribution in [3.63, 3.8) is 0 Å². The lowest BCUT2D eigenvalue weighted by atomic mass is 9.94. The number of aliphatic hydroxyl groups is 2. The second-order valence-electron chi connectivity index (χ2n) is 4.59. The largest absolute Gasteiger partial charge is 0.396 e. The first-order chi connectivity index (χ1) is 7.36. The second-order valence-corrected chi connectivity index (χ2v) is 4.59. The van der Waals surface area contributed by atoms with Gasteiger partial charge in [0.1, 0.15) is 5.60 Å². The molecule has 0 amide bonds. The molecular weight excluding hydrogens is 204 g/mol. The minimum atomic E-state index is -1.34. The molecular formula is C13H18O3. The zero-order chi connectivity index (χ0) is 12.3. The molecule has 3 heteroatoms. The van der Waals surface area contributed by atoms with Gasteiger partial charge < -0.3 is 10.2 Å². The van der Waals surface area contributed by atoms with Gasteiger partial charge in [-0.2, -0.15) is 0 Å². The molecule has 0 aliphatic rings. The normalized spacial score (nSPS) is 13.6. The molecule has 1 rings (SSSR count). The molecule has 0 bridgehead atoms. The Kier molecular flexibility index (Phi) is 3.83. The van der Waals surface area contributed by atoms with Gasteiger partial charge in [0.05, 0.1) is 0 Å². The van der Waals surface area contributed by atoms with Crippen molar-refractivity contribution in [3.8, 4) is 0 Å². The number of Topliss-reactive ketones (excluding diaryl/α,β-unsaturated/α-hetero) is 1. The molecule has 1 unspecified atom stereocenters. The van der Waals surface area contributed by atoms with E-state index in [2.05, 4.69) is 0 Å². The summed E-state index contributed by atoms with van der Waals surface area (Å²) < 4.78 is 0. The van der Waals surface area contributed by atoms with Crippen molar-refractivity contribution in [3.05, 3.63) is 35.4 Å². The van der Waals surface area contributed by atoms with Gasteiger partial charge in [0.15, 0.2) is 5.78 Å². The van der Waals surface area contributed by atoms with E-state index >= 15 is 0 Å². The van der Waals surface area contributed by atoms with Gasteiger partial charge in [-0.3, -0.25) is 4.79 Å². The van der Waals surface area contributed by atoms with E-state index in [0.717, 1.165) is 5.56 Å². The lowest BCUT2D eigenvalue weighted by molar-refractivity contribution is 0.0488. The highest BCUT2D eigenvalue weighted by molar-refractivity contribution is 6.01. The van der Waals surface area contributed by atoms with Crippen LogP contribution in [-0.4, -0.2) is 28.2 Å². The molecule has 0 spiro atoms. The number of carbonyl (C=O) groups is 1. The molecule has 0 radical (unpaired) electrons. The predicted octanol–water partition coefficient (Wildman–Crippen LogP) is 1.74. The van der Waals surface area contributed by atoms with Crippen molar-refractivity contribution in [2.24, 2.45) is 0 Å². The van der Waals surface area contributed by atoms with E-state index < -0.39 is 5.60 Å². The second kappa shape index (κ2) is 4.76. The highest BCUT2D eigenvalue weighted by atomic mass is 16.3. The van der Waals surface area contributed by atoms with Crippen LogP contribution in [0.15, 0.2) is 24.3 Å². The average molecular weight is 222 g/mol. The summed E-state index contributed by atoms with van der Waals surface area (Å²) in [6, 6.07) is 6.98. The fourth-order valence-electron chi connectivity index (χ4n) is 1.42. The molecule has 0 heterocycles. The Morgan fingerprint density at radius 1 is 1.31 bits per heavy atom. The Balaban J connectivity index is 2.91. The van der Waals surface area contributed by atoms with Crippen molar-refractivity contribution in [1.29, 1.82) is 0 Å². The van der Waals surface area contributed by atoms with Gasteiger partial charge in [0.2, 0.25) is 0 Å². The molecule has 16 heavy (non-hydrogen) atoms. The van der Waals surface area contributed by atoms with Crippen molar-refractivity contribution < 1.29 is 15.0 Å². The molecule has 3 nitrogen and oxygen atoms in total. The number of hydrogen-bond acceptors (Lipinski definition) is 3. The van der Waals surface area contributed by atoms with Crippen LogP contribution in [0.5, 0.6) is 0 Å². The van der Waals surface area contributed by atoms with Crippen molar-refractivity contribution in [2.75, 3.05) is 6.61 Å². The van der Waals surface area contributed by atoms with Gasteiger partial charge in [-0.25, -0.2) is 0 Å². The Labute approximate surface area is 95.7 Å². The molecule has 0 aliphatic carbocycles. The summed E-state index contributed by atoms with van der Waals surface area (Å²) in [5.74, 6) is -0.234. The van der Waals surface area contributed by atoms with E-state index in [1.165, 1.54) is 13.8 Å². The van der Waals surface area contributed by atoms with Gasteiger partial charge in [-0.05, 0) is 19.4 Å². The molecule has 1 aromatic rings. The van der Waals surface area contributed by atoms with Crippen LogP contribution < -0.4 is 0 Å². The topological polar surface area (TPSA) is 57.5 Å². The number of hydrogen-bond donors (Lipinski definition) is 2. The molecule has 2 N–H and O–H groups in total. The first kappa shape index (κ1) is 12.9. The van der Waals surface area contributed by atoms with E-state index in [-0.39, 0.29) is 18.3 Å². The third kappa shape index (κ3) is 2.90. The minimum Gasteiger partial charge on any atom is -0.396 e. The minimum absolute atomic E-state index is 0.0614. The molecule has 1 atom stereocenters. The van der Waals surface area contributed by atoms with Gasteiger partial charge in [0.25, 0.3) is 0 Å². The van der Waals surface area contributed by atoms with E-state index in [0.29, 0.717) is 5.56 Å². The molecule has 0 saturated heterocycles. The third-order valence-corrected chi connectivity index (χ3v) is 2.57. The quantitative estimate of drug-likeness (QED) is 0.763. The Morgan fingerprint density at radius 3 is 2.19 bits per heavy atom. The maximum atomic E-state index is 11.7. The molecule has 0 saturated carbocycles. The fourth-order valence-corrected chi connectivity index (χ4v) is 1.42. The van der Waals surface area contributed by atoms with Crippen LogP contribution in [0.25, 0.3) is 0 Å². The van der Waals surface area contributed by atoms with Gasteiger partial charge in [-0.15, -0.1) is 0 Å². The highest BCUT2D eigenvalue weighted by Gasteiger charge is 2.24. The zero-order valence-corrected chi connectivity index (χ0v) is 9.90. The van der Waals surface area contributed by atoms with Gasteiger partial charge in [-0.1, -0.05) is 31.2 Å². The van der Waals surface area contributed by atoms with Gasteiger partial charge >= 0.3 is 0 Å². The first-order valence-electron chi connectivity index (χ1n) is 5.34. The highest BCUT2D eigenvalue weighted by Crippen LogP contribution is 2.18. The van der Waals surface area contributed by atoms with E-state index in [4.69, 9.17) is 5.11 Å². The van der Waals surface area contributed by atoms with Crippen LogP contribution in [0.3, 0.4) is 0 Å². The standard InChI is InChI=1S/C13H18O3/c1-9(8-14)10-4-6-11(7-5-10)12(15)13(2,3)16/h4-7,9,14,16H,8H2,1-3H3. The number of rotatable bonds is 4. The lowest BCUT2D eigenvalue weighted by Crippen LogP contribution is -2.31. The fraction of sp³-hybridized carbons (Fsp3) is 0.462. The Hall–Kier alpha value is -1.19. The number of aliphatic hydroxyl groups excluding tert-OH is 1. The number of benzene rings is 1. The SMILES string of the molecule is CC(CO)c1ccc(C(=O)C(C)(C)O)cc1.